The first-order chi connectivity index (χ1) is 16.6. The molecule has 2 bridgehead atoms. The summed E-state index contributed by atoms with van der Waals surface area (Å²) in [6.07, 6.45) is 17.1. The fourth-order valence-electron chi connectivity index (χ4n) is 5.63. The van der Waals surface area contributed by atoms with Crippen LogP contribution in [0.25, 0.3) is 11.1 Å². The molecule has 5 nitrogen and oxygen atoms in total. The lowest BCUT2D eigenvalue weighted by molar-refractivity contribution is -0.760. The maximum absolute atomic E-state index is 13.2. The van der Waals surface area contributed by atoms with E-state index in [9.17, 15) is 4.79 Å². The SMILES string of the molecule is C=CNC1=C2CCC(=CCC1)N2CC(=O)[n+]1ccc(-c2cc[n+](C(C)(C)CC(C)(C)C)cc2)cc1. The number of carbonyl (C=O) groups is 1. The average molecular weight is 473 g/mol. The Balaban J connectivity index is 1.47. The van der Waals surface area contributed by atoms with Crippen LogP contribution >= 0.6 is 0 Å². The van der Waals surface area contributed by atoms with Crippen LogP contribution in [-0.2, 0) is 5.54 Å². The van der Waals surface area contributed by atoms with Gasteiger partial charge in [0.05, 0.1) is 0 Å². The maximum Gasteiger partial charge on any atom is 0.411 e. The number of hydrogen-bond acceptors (Lipinski definition) is 3. The molecule has 4 heterocycles. The van der Waals surface area contributed by atoms with Crippen molar-refractivity contribution >= 4 is 5.91 Å². The molecule has 5 heteroatoms. The molecule has 2 aliphatic heterocycles. The van der Waals surface area contributed by atoms with Crippen molar-refractivity contribution in [3.8, 4) is 11.1 Å². The molecule has 0 saturated carbocycles. The number of hydrogen-bond donors (Lipinski definition) is 1. The fourth-order valence-corrected chi connectivity index (χ4v) is 5.63. The molecule has 2 aliphatic rings. The van der Waals surface area contributed by atoms with Crippen LogP contribution < -0.4 is 14.5 Å². The molecule has 1 saturated heterocycles. The Labute approximate surface area is 210 Å². The van der Waals surface area contributed by atoms with E-state index in [2.05, 4.69) is 86.6 Å². The van der Waals surface area contributed by atoms with Gasteiger partial charge in [0, 0.05) is 61.6 Å². The highest BCUT2D eigenvalue weighted by atomic mass is 16.2. The summed E-state index contributed by atoms with van der Waals surface area (Å²) in [5, 5.41) is 3.29. The Bertz CT molecular complexity index is 1150. The average Bonchev–Trinajstić information content (AvgIpc) is 3.10. The van der Waals surface area contributed by atoms with Gasteiger partial charge in [-0.15, -0.1) is 4.57 Å². The normalized spacial score (nSPS) is 16.1. The molecule has 2 aromatic rings. The first-order valence-electron chi connectivity index (χ1n) is 12.7. The van der Waals surface area contributed by atoms with Crippen molar-refractivity contribution < 1.29 is 13.9 Å². The largest absolute Gasteiger partial charge is 0.411 e. The van der Waals surface area contributed by atoms with Gasteiger partial charge in [-0.2, -0.15) is 0 Å². The monoisotopic (exact) mass is 472 g/mol. The van der Waals surface area contributed by atoms with Gasteiger partial charge in [-0.25, -0.2) is 9.36 Å². The van der Waals surface area contributed by atoms with Gasteiger partial charge in [-0.3, -0.25) is 0 Å². The summed E-state index contributed by atoms with van der Waals surface area (Å²) in [5.74, 6) is 0.0662. The number of nitrogens with zero attached hydrogens (tertiary/aromatic N) is 3. The van der Waals surface area contributed by atoms with E-state index in [1.54, 1.807) is 10.8 Å². The molecule has 1 fully saturated rings. The van der Waals surface area contributed by atoms with Crippen molar-refractivity contribution in [3.05, 3.63) is 85.0 Å². The second-order valence-electron chi connectivity index (χ2n) is 11.5. The molecule has 0 spiro atoms. The van der Waals surface area contributed by atoms with Crippen LogP contribution in [-0.4, -0.2) is 17.4 Å². The van der Waals surface area contributed by atoms with Gasteiger partial charge in [0.2, 0.25) is 0 Å². The molecule has 35 heavy (non-hydrogen) atoms. The van der Waals surface area contributed by atoms with Crippen molar-refractivity contribution in [3.63, 3.8) is 0 Å². The highest BCUT2D eigenvalue weighted by Gasteiger charge is 2.34. The topological polar surface area (TPSA) is 40.1 Å². The van der Waals surface area contributed by atoms with Crippen LogP contribution in [0.3, 0.4) is 0 Å². The number of fused-ring (bicyclic) bond motifs is 2. The quantitative estimate of drug-likeness (QED) is 0.544. The predicted octanol–water partition coefficient (Wildman–Crippen LogP) is 5.46. The Kier molecular flexibility index (Phi) is 6.98. The van der Waals surface area contributed by atoms with E-state index in [-0.39, 0.29) is 16.9 Å². The Morgan fingerprint density at radius 1 is 1.00 bits per heavy atom. The molecule has 0 atom stereocenters. The van der Waals surface area contributed by atoms with E-state index in [0.717, 1.165) is 43.2 Å². The summed E-state index contributed by atoms with van der Waals surface area (Å²) >= 11 is 0. The second kappa shape index (κ2) is 9.80. The Hall–Kier alpha value is -3.21. The Morgan fingerprint density at radius 2 is 1.63 bits per heavy atom. The van der Waals surface area contributed by atoms with Crippen molar-refractivity contribution in [2.75, 3.05) is 6.54 Å². The van der Waals surface area contributed by atoms with E-state index in [4.69, 9.17) is 0 Å². The van der Waals surface area contributed by atoms with Crippen LogP contribution in [0.1, 0.15) is 71.5 Å². The smallest absolute Gasteiger partial charge is 0.364 e. The van der Waals surface area contributed by atoms with Crippen LogP contribution in [0.2, 0.25) is 0 Å². The summed E-state index contributed by atoms with van der Waals surface area (Å²) in [6, 6.07) is 8.37. The standard InChI is InChI=1S/C30H39N4O/c1-7-31-26-10-8-9-25-11-12-27(26)34(25)21-28(35)32-17-13-23(14-18-32)24-15-19-33(20-16-24)30(5,6)22-29(2,3)4/h7,9,13-20H,1,8,10-12,21-22H2,2-6H3/q+1/p+1. The lowest BCUT2D eigenvalue weighted by Gasteiger charge is -2.28. The zero-order valence-electron chi connectivity index (χ0n) is 22.0. The number of nitrogens with one attached hydrogen (secondary N) is 1. The van der Waals surface area contributed by atoms with Crippen LogP contribution in [0.5, 0.6) is 0 Å². The van der Waals surface area contributed by atoms with Gasteiger partial charge in [0.15, 0.2) is 30.3 Å². The highest BCUT2D eigenvalue weighted by molar-refractivity contribution is 5.70. The molecule has 2 aromatic heterocycles. The van der Waals surface area contributed by atoms with Crippen LogP contribution in [0, 0.1) is 5.41 Å². The number of allylic oxidation sites excluding steroid dienone is 4. The summed E-state index contributed by atoms with van der Waals surface area (Å²) in [4.78, 5) is 15.3. The molecule has 1 N–H and O–H groups in total. The molecule has 184 valence electrons. The molecule has 4 rings (SSSR count). The minimum absolute atomic E-state index is 0.0432. The number of aromatic nitrogens is 2. The number of carbonyl (C=O) groups excluding carboxylic acids is 1. The molecule has 0 aliphatic carbocycles. The van der Waals surface area contributed by atoms with Crippen molar-refractivity contribution in [1.29, 1.82) is 0 Å². The van der Waals surface area contributed by atoms with Gasteiger partial charge in [-0.05, 0) is 48.4 Å². The molecule has 0 aromatic carbocycles. The van der Waals surface area contributed by atoms with Gasteiger partial charge in [0.1, 0.15) is 6.54 Å². The van der Waals surface area contributed by atoms with Gasteiger partial charge < -0.3 is 10.2 Å². The van der Waals surface area contributed by atoms with E-state index in [0.29, 0.717) is 6.54 Å². The summed E-state index contributed by atoms with van der Waals surface area (Å²) in [6.45, 7) is 15.6. The third kappa shape index (κ3) is 5.72. The molecule has 0 unspecified atom stereocenters. The first kappa shape index (κ1) is 24.9. The van der Waals surface area contributed by atoms with Crippen molar-refractivity contribution in [2.45, 2.75) is 72.3 Å². The zero-order valence-corrected chi connectivity index (χ0v) is 22.0. The van der Waals surface area contributed by atoms with E-state index in [1.165, 1.54) is 17.1 Å². The highest BCUT2D eigenvalue weighted by Crippen LogP contribution is 2.36. The van der Waals surface area contributed by atoms with Crippen molar-refractivity contribution in [2.24, 2.45) is 5.41 Å². The molecular weight excluding hydrogens is 432 g/mol. The third-order valence-corrected chi connectivity index (χ3v) is 6.92. The predicted molar refractivity (Wildman–Crippen MR) is 140 cm³/mol. The minimum Gasteiger partial charge on any atom is -0.364 e. The van der Waals surface area contributed by atoms with E-state index in [1.807, 2.05) is 24.5 Å². The lowest BCUT2D eigenvalue weighted by atomic mass is 9.81. The molecular formula is C30H40N4O+2. The third-order valence-electron chi connectivity index (χ3n) is 6.92. The van der Waals surface area contributed by atoms with Crippen LogP contribution in [0.15, 0.2) is 85.0 Å². The number of rotatable bonds is 7. The van der Waals surface area contributed by atoms with Gasteiger partial charge in [-0.1, -0.05) is 33.4 Å². The van der Waals surface area contributed by atoms with E-state index >= 15 is 0 Å². The fraction of sp³-hybridized carbons (Fsp3) is 0.433. The second-order valence-corrected chi connectivity index (χ2v) is 11.5. The molecule has 0 radical (unpaired) electrons. The summed E-state index contributed by atoms with van der Waals surface area (Å²) in [7, 11) is 0. The van der Waals surface area contributed by atoms with Gasteiger partial charge in [0.25, 0.3) is 0 Å². The number of pyridine rings is 2. The van der Waals surface area contributed by atoms with E-state index < -0.39 is 0 Å². The minimum atomic E-state index is 0.0432. The molecule has 0 amide bonds. The summed E-state index contributed by atoms with van der Waals surface area (Å²) < 4.78 is 3.99. The van der Waals surface area contributed by atoms with Gasteiger partial charge >= 0.3 is 5.91 Å². The Morgan fingerprint density at radius 3 is 2.23 bits per heavy atom. The lowest BCUT2D eigenvalue weighted by Crippen LogP contribution is -2.53. The zero-order chi connectivity index (χ0) is 25.2. The summed E-state index contributed by atoms with van der Waals surface area (Å²) in [5.41, 5.74) is 6.23. The first-order valence-corrected chi connectivity index (χ1v) is 12.7. The maximum atomic E-state index is 13.2. The van der Waals surface area contributed by atoms with Crippen LogP contribution in [0.4, 0.5) is 0 Å². The van der Waals surface area contributed by atoms with Crippen molar-refractivity contribution in [1.82, 2.24) is 10.2 Å².